The van der Waals surface area contributed by atoms with Gasteiger partial charge in [0.2, 0.25) is 0 Å². The number of amides is 1. The van der Waals surface area contributed by atoms with E-state index in [2.05, 4.69) is 15.9 Å². The molecule has 1 aromatic rings. The van der Waals surface area contributed by atoms with Crippen molar-refractivity contribution in [1.29, 1.82) is 0 Å². The Morgan fingerprint density at radius 1 is 1.43 bits per heavy atom. The molecule has 2 heterocycles. The van der Waals surface area contributed by atoms with E-state index in [-0.39, 0.29) is 5.91 Å². The minimum atomic E-state index is 0.0863. The third kappa shape index (κ3) is 1.62. The van der Waals surface area contributed by atoms with Gasteiger partial charge in [-0.1, -0.05) is 12.2 Å². The number of carbonyl (C=O) groups is 1. The van der Waals surface area contributed by atoms with E-state index in [0.717, 1.165) is 23.3 Å². The van der Waals surface area contributed by atoms with Gasteiger partial charge in [-0.05, 0) is 22.0 Å². The van der Waals surface area contributed by atoms with Crippen LogP contribution in [0.1, 0.15) is 10.5 Å². The van der Waals surface area contributed by atoms with Crippen LogP contribution >= 0.6 is 15.9 Å². The molecular formula is C10H11BrN2O. The molecule has 2 rings (SSSR count). The molecule has 0 radical (unpaired) electrons. The number of nitrogens with zero attached hydrogens (tertiary/aromatic N) is 2. The van der Waals surface area contributed by atoms with Crippen LogP contribution in [0.15, 0.2) is 28.9 Å². The Morgan fingerprint density at radius 3 is 2.57 bits per heavy atom. The normalized spacial score (nSPS) is 15.1. The van der Waals surface area contributed by atoms with E-state index in [4.69, 9.17) is 0 Å². The Kier molecular flexibility index (Phi) is 2.46. The summed E-state index contributed by atoms with van der Waals surface area (Å²) in [6.45, 7) is 1.45. The predicted molar refractivity (Wildman–Crippen MR) is 58.2 cm³/mol. The highest BCUT2D eigenvalue weighted by Gasteiger charge is 2.18. The van der Waals surface area contributed by atoms with Crippen molar-refractivity contribution in [3.63, 3.8) is 0 Å². The van der Waals surface area contributed by atoms with Gasteiger partial charge in [-0.2, -0.15) is 0 Å². The largest absolute Gasteiger partial charge is 0.345 e. The average molecular weight is 255 g/mol. The topological polar surface area (TPSA) is 25.2 Å². The molecule has 14 heavy (non-hydrogen) atoms. The average Bonchev–Trinajstić information content (AvgIpc) is 2.73. The number of aromatic nitrogens is 1. The lowest BCUT2D eigenvalue weighted by Gasteiger charge is -2.15. The van der Waals surface area contributed by atoms with E-state index < -0.39 is 0 Å². The van der Waals surface area contributed by atoms with E-state index in [0.29, 0.717) is 0 Å². The molecule has 0 N–H and O–H groups in total. The van der Waals surface area contributed by atoms with E-state index in [9.17, 15) is 4.79 Å². The summed E-state index contributed by atoms with van der Waals surface area (Å²) in [4.78, 5) is 13.7. The van der Waals surface area contributed by atoms with Gasteiger partial charge in [0.15, 0.2) is 0 Å². The molecule has 0 aliphatic carbocycles. The van der Waals surface area contributed by atoms with Gasteiger partial charge in [0.1, 0.15) is 5.69 Å². The maximum Gasteiger partial charge on any atom is 0.271 e. The summed E-state index contributed by atoms with van der Waals surface area (Å²) in [6, 6.07) is 1.85. The van der Waals surface area contributed by atoms with E-state index >= 15 is 0 Å². The summed E-state index contributed by atoms with van der Waals surface area (Å²) >= 11 is 3.35. The van der Waals surface area contributed by atoms with Crippen LogP contribution in [0.5, 0.6) is 0 Å². The molecule has 1 aromatic heterocycles. The van der Waals surface area contributed by atoms with Crippen molar-refractivity contribution in [2.75, 3.05) is 13.1 Å². The fraction of sp³-hybridized carbons (Fsp3) is 0.300. The number of carbonyl (C=O) groups excluding carboxylic acids is 1. The molecule has 0 unspecified atom stereocenters. The van der Waals surface area contributed by atoms with Crippen molar-refractivity contribution in [3.8, 4) is 0 Å². The van der Waals surface area contributed by atoms with Crippen molar-refractivity contribution >= 4 is 21.8 Å². The van der Waals surface area contributed by atoms with Gasteiger partial charge in [-0.3, -0.25) is 4.79 Å². The van der Waals surface area contributed by atoms with Gasteiger partial charge in [0.05, 0.1) is 0 Å². The van der Waals surface area contributed by atoms with Gasteiger partial charge in [0, 0.05) is 30.8 Å². The summed E-state index contributed by atoms with van der Waals surface area (Å²) in [7, 11) is 1.88. The predicted octanol–water partition coefficient (Wildman–Crippen LogP) is 1.80. The highest BCUT2D eigenvalue weighted by atomic mass is 79.9. The number of hydrogen-bond donors (Lipinski definition) is 0. The third-order valence-corrected chi connectivity index (χ3v) is 2.73. The smallest absolute Gasteiger partial charge is 0.271 e. The molecule has 0 bridgehead atoms. The molecule has 0 spiro atoms. The third-order valence-electron chi connectivity index (χ3n) is 2.30. The van der Waals surface area contributed by atoms with Crippen LogP contribution in [0, 0.1) is 0 Å². The first-order chi connectivity index (χ1) is 6.68. The van der Waals surface area contributed by atoms with Crippen LogP contribution in [0.25, 0.3) is 0 Å². The summed E-state index contributed by atoms with van der Waals surface area (Å²) in [5.74, 6) is 0.0863. The van der Waals surface area contributed by atoms with Crippen LogP contribution < -0.4 is 0 Å². The number of rotatable bonds is 1. The van der Waals surface area contributed by atoms with Crippen LogP contribution in [0.3, 0.4) is 0 Å². The lowest BCUT2D eigenvalue weighted by Crippen LogP contribution is -2.29. The summed E-state index contributed by atoms with van der Waals surface area (Å²) in [5, 5.41) is 0. The molecular weight excluding hydrogens is 244 g/mol. The minimum Gasteiger partial charge on any atom is -0.345 e. The van der Waals surface area contributed by atoms with Gasteiger partial charge in [0.25, 0.3) is 5.91 Å². The zero-order valence-corrected chi connectivity index (χ0v) is 9.49. The highest BCUT2D eigenvalue weighted by molar-refractivity contribution is 9.10. The van der Waals surface area contributed by atoms with Gasteiger partial charge in [-0.15, -0.1) is 0 Å². The fourth-order valence-corrected chi connectivity index (χ4v) is 2.07. The molecule has 0 fully saturated rings. The second kappa shape index (κ2) is 3.61. The van der Waals surface area contributed by atoms with Crippen LogP contribution in [0.2, 0.25) is 0 Å². The first-order valence-corrected chi connectivity index (χ1v) is 5.24. The second-order valence-corrected chi connectivity index (χ2v) is 4.25. The summed E-state index contributed by atoms with van der Waals surface area (Å²) < 4.78 is 2.78. The highest BCUT2D eigenvalue weighted by Crippen LogP contribution is 2.16. The first kappa shape index (κ1) is 9.52. The summed E-state index contributed by atoms with van der Waals surface area (Å²) in [5.41, 5.74) is 0.723. The minimum absolute atomic E-state index is 0.0863. The Labute approximate surface area is 91.1 Å². The Morgan fingerprint density at radius 2 is 2.07 bits per heavy atom. The molecule has 1 aliphatic heterocycles. The van der Waals surface area contributed by atoms with Gasteiger partial charge in [-0.25, -0.2) is 0 Å². The number of aryl methyl sites for hydroxylation is 1. The van der Waals surface area contributed by atoms with Crippen molar-refractivity contribution in [3.05, 3.63) is 34.6 Å². The van der Waals surface area contributed by atoms with Crippen molar-refractivity contribution in [2.45, 2.75) is 0 Å². The maximum absolute atomic E-state index is 11.9. The maximum atomic E-state index is 11.9. The fourth-order valence-electron chi connectivity index (χ4n) is 1.54. The van der Waals surface area contributed by atoms with E-state index in [1.54, 1.807) is 0 Å². The molecule has 0 aromatic carbocycles. The van der Waals surface area contributed by atoms with E-state index in [1.807, 2.05) is 40.9 Å². The second-order valence-electron chi connectivity index (χ2n) is 3.34. The van der Waals surface area contributed by atoms with Crippen molar-refractivity contribution < 1.29 is 4.79 Å². The zero-order valence-electron chi connectivity index (χ0n) is 7.90. The van der Waals surface area contributed by atoms with Crippen LogP contribution in [-0.2, 0) is 7.05 Å². The quantitative estimate of drug-likeness (QED) is 0.702. The Hall–Kier alpha value is -1.03. The van der Waals surface area contributed by atoms with Gasteiger partial charge >= 0.3 is 0 Å². The molecule has 1 aliphatic rings. The molecule has 4 heteroatoms. The lowest BCUT2D eigenvalue weighted by atomic mass is 10.3. The molecule has 0 saturated carbocycles. The van der Waals surface area contributed by atoms with Crippen LogP contribution in [0.4, 0.5) is 0 Å². The molecule has 3 nitrogen and oxygen atoms in total. The van der Waals surface area contributed by atoms with E-state index in [1.165, 1.54) is 0 Å². The summed E-state index contributed by atoms with van der Waals surface area (Å²) in [6.07, 6.45) is 5.91. The molecule has 0 saturated heterocycles. The SMILES string of the molecule is Cn1cc(Br)cc1C(=O)N1CC=CC1. The molecule has 74 valence electrons. The Balaban J connectivity index is 2.22. The Bertz CT molecular complexity index is 387. The number of hydrogen-bond acceptors (Lipinski definition) is 1. The molecule has 0 atom stereocenters. The van der Waals surface area contributed by atoms with Crippen LogP contribution in [-0.4, -0.2) is 28.5 Å². The van der Waals surface area contributed by atoms with Crippen molar-refractivity contribution in [2.24, 2.45) is 7.05 Å². The number of halogens is 1. The van der Waals surface area contributed by atoms with Gasteiger partial charge < -0.3 is 9.47 Å². The molecule has 1 amide bonds. The lowest BCUT2D eigenvalue weighted by molar-refractivity contribution is 0.0790. The first-order valence-electron chi connectivity index (χ1n) is 4.44. The van der Waals surface area contributed by atoms with Crippen molar-refractivity contribution in [1.82, 2.24) is 9.47 Å². The zero-order chi connectivity index (χ0) is 10.1. The monoisotopic (exact) mass is 254 g/mol. The standard InChI is InChI=1S/C10H11BrN2O/c1-12-7-8(11)6-9(12)10(14)13-4-2-3-5-13/h2-3,6-7H,4-5H2,1H3.